The van der Waals surface area contributed by atoms with Crippen molar-refractivity contribution in [3.8, 4) is 5.75 Å². The molecule has 0 aliphatic heterocycles. The summed E-state index contributed by atoms with van der Waals surface area (Å²) in [6.45, 7) is 2.05. The molecule has 0 N–H and O–H groups in total. The van der Waals surface area contributed by atoms with Gasteiger partial charge in [0.1, 0.15) is 5.75 Å². The first-order valence-corrected chi connectivity index (χ1v) is 5.88. The maximum Gasteiger partial charge on any atom is 0.375 e. The number of furan rings is 1. The molecule has 0 saturated carbocycles. The topological polar surface area (TPSA) is 48.7 Å². The quantitative estimate of drug-likeness (QED) is 0.815. The Morgan fingerprint density at radius 3 is 2.88 bits per heavy atom. The fourth-order valence-electron chi connectivity index (χ4n) is 1.63. The molecule has 2 rings (SSSR count). The second kappa shape index (κ2) is 4.79. The van der Waals surface area contributed by atoms with E-state index in [4.69, 9.17) is 13.9 Å². The second-order valence-corrected chi connectivity index (χ2v) is 4.27. The molecule has 1 aromatic heterocycles. The number of methoxy groups -OCH3 is 1. The summed E-state index contributed by atoms with van der Waals surface area (Å²) in [7, 11) is 1.54. The molecule has 1 heterocycles. The molecule has 0 bridgehead atoms. The molecular formula is C12H11BrO4. The third kappa shape index (κ3) is 2.15. The molecule has 4 nitrogen and oxygen atoms in total. The predicted octanol–water partition coefficient (Wildman–Crippen LogP) is 3.38. The normalized spacial score (nSPS) is 10.5. The van der Waals surface area contributed by atoms with Crippen molar-refractivity contribution < 1.29 is 18.7 Å². The van der Waals surface area contributed by atoms with Gasteiger partial charge in [-0.1, -0.05) is 15.9 Å². The van der Waals surface area contributed by atoms with E-state index in [1.54, 1.807) is 20.1 Å². The molecule has 90 valence electrons. The van der Waals surface area contributed by atoms with E-state index in [0.717, 1.165) is 9.86 Å². The van der Waals surface area contributed by atoms with Gasteiger partial charge in [0.25, 0.3) is 0 Å². The fourth-order valence-corrected chi connectivity index (χ4v) is 2.08. The number of benzene rings is 1. The first-order chi connectivity index (χ1) is 8.17. The van der Waals surface area contributed by atoms with Crippen LogP contribution in [-0.2, 0) is 4.74 Å². The van der Waals surface area contributed by atoms with E-state index in [2.05, 4.69) is 15.9 Å². The first-order valence-electron chi connectivity index (χ1n) is 5.09. The molecule has 0 unspecified atom stereocenters. The molecule has 0 atom stereocenters. The Labute approximate surface area is 107 Å². The second-order valence-electron chi connectivity index (χ2n) is 3.36. The van der Waals surface area contributed by atoms with Crippen molar-refractivity contribution in [1.29, 1.82) is 0 Å². The van der Waals surface area contributed by atoms with Gasteiger partial charge in [-0.15, -0.1) is 0 Å². The summed E-state index contributed by atoms with van der Waals surface area (Å²) in [5, 5.41) is 1.42. The summed E-state index contributed by atoms with van der Waals surface area (Å²) in [4.78, 5) is 11.7. The van der Waals surface area contributed by atoms with Gasteiger partial charge < -0.3 is 13.9 Å². The number of hydrogen-bond acceptors (Lipinski definition) is 4. The first kappa shape index (κ1) is 12.0. The van der Waals surface area contributed by atoms with Gasteiger partial charge in [-0.3, -0.25) is 0 Å². The van der Waals surface area contributed by atoms with Gasteiger partial charge in [0, 0.05) is 9.86 Å². The van der Waals surface area contributed by atoms with E-state index in [1.807, 2.05) is 6.07 Å². The molecule has 0 saturated heterocycles. The van der Waals surface area contributed by atoms with E-state index in [-0.39, 0.29) is 5.76 Å². The molecule has 0 aliphatic carbocycles. The third-order valence-corrected chi connectivity index (χ3v) is 2.77. The maximum absolute atomic E-state index is 11.7. The number of carbonyl (C=O) groups is 1. The van der Waals surface area contributed by atoms with E-state index in [0.29, 0.717) is 17.7 Å². The smallest absolute Gasteiger partial charge is 0.375 e. The van der Waals surface area contributed by atoms with Gasteiger partial charge in [-0.2, -0.15) is 0 Å². The Morgan fingerprint density at radius 2 is 2.24 bits per heavy atom. The van der Waals surface area contributed by atoms with Crippen LogP contribution in [0, 0.1) is 0 Å². The van der Waals surface area contributed by atoms with Crippen LogP contribution >= 0.6 is 15.9 Å². The lowest BCUT2D eigenvalue weighted by atomic mass is 10.1. The molecular weight excluding hydrogens is 288 g/mol. The van der Waals surface area contributed by atoms with E-state index in [1.165, 1.54) is 6.26 Å². The highest BCUT2D eigenvalue weighted by molar-refractivity contribution is 9.10. The van der Waals surface area contributed by atoms with Crippen LogP contribution in [0.2, 0.25) is 0 Å². The molecule has 0 spiro atoms. The number of carbonyl (C=O) groups excluding carboxylic acids is 1. The van der Waals surface area contributed by atoms with Crippen molar-refractivity contribution in [2.24, 2.45) is 0 Å². The summed E-state index contributed by atoms with van der Waals surface area (Å²) in [6.07, 6.45) is 1.51. The number of esters is 1. The van der Waals surface area contributed by atoms with Crippen molar-refractivity contribution in [3.05, 3.63) is 28.6 Å². The summed E-state index contributed by atoms with van der Waals surface area (Å²) >= 11 is 3.36. The van der Waals surface area contributed by atoms with Crippen LogP contribution in [0.4, 0.5) is 0 Å². The highest BCUT2D eigenvalue weighted by Crippen LogP contribution is 2.34. The highest BCUT2D eigenvalue weighted by atomic mass is 79.9. The number of hydrogen-bond donors (Lipinski definition) is 0. The van der Waals surface area contributed by atoms with Gasteiger partial charge in [-0.05, 0) is 19.1 Å². The van der Waals surface area contributed by atoms with Crippen LogP contribution in [0.25, 0.3) is 10.8 Å². The summed E-state index contributed by atoms with van der Waals surface area (Å²) in [5.41, 5.74) is 0. The average molecular weight is 299 g/mol. The zero-order valence-corrected chi connectivity index (χ0v) is 11.0. The Balaban J connectivity index is 2.62. The van der Waals surface area contributed by atoms with Crippen LogP contribution in [0.1, 0.15) is 17.5 Å². The van der Waals surface area contributed by atoms with Crippen molar-refractivity contribution >= 4 is 32.7 Å². The Kier molecular flexibility index (Phi) is 3.38. The number of halogens is 1. The fraction of sp³-hybridized carbons (Fsp3) is 0.250. The largest absolute Gasteiger partial charge is 0.496 e. The lowest BCUT2D eigenvalue weighted by Gasteiger charge is -2.04. The van der Waals surface area contributed by atoms with Crippen LogP contribution < -0.4 is 4.74 Å². The van der Waals surface area contributed by atoms with E-state index in [9.17, 15) is 4.79 Å². The van der Waals surface area contributed by atoms with Crippen LogP contribution in [-0.4, -0.2) is 19.7 Å². The zero-order chi connectivity index (χ0) is 12.4. The van der Waals surface area contributed by atoms with Crippen molar-refractivity contribution in [3.63, 3.8) is 0 Å². The summed E-state index contributed by atoms with van der Waals surface area (Å²) in [6, 6.07) is 3.63. The highest BCUT2D eigenvalue weighted by Gasteiger charge is 2.19. The molecule has 0 radical (unpaired) electrons. The van der Waals surface area contributed by atoms with Crippen molar-refractivity contribution in [2.45, 2.75) is 6.92 Å². The molecule has 0 aliphatic rings. The maximum atomic E-state index is 11.7. The summed E-state index contributed by atoms with van der Waals surface area (Å²) < 4.78 is 16.3. The third-order valence-electron chi connectivity index (χ3n) is 2.31. The lowest BCUT2D eigenvalue weighted by molar-refractivity contribution is 0.0493. The Morgan fingerprint density at radius 1 is 1.47 bits per heavy atom. The number of fused-ring (bicyclic) bond motifs is 1. The van der Waals surface area contributed by atoms with Gasteiger partial charge in [0.05, 0.1) is 25.4 Å². The van der Waals surface area contributed by atoms with Crippen molar-refractivity contribution in [1.82, 2.24) is 0 Å². The predicted molar refractivity (Wildman–Crippen MR) is 66.4 cm³/mol. The molecule has 5 heteroatoms. The Hall–Kier alpha value is -1.49. The standard InChI is InChI=1S/C12H11BrO4/c1-3-16-12(14)11-10-7(6-17-11)4-8(13)5-9(10)15-2/h4-6H,3H2,1-2H3. The van der Waals surface area contributed by atoms with Gasteiger partial charge in [0.2, 0.25) is 5.76 Å². The van der Waals surface area contributed by atoms with Gasteiger partial charge in [0.15, 0.2) is 0 Å². The molecule has 1 aromatic carbocycles. The van der Waals surface area contributed by atoms with Crippen LogP contribution in [0.5, 0.6) is 5.75 Å². The molecule has 17 heavy (non-hydrogen) atoms. The average Bonchev–Trinajstić information content (AvgIpc) is 2.71. The minimum absolute atomic E-state index is 0.172. The minimum Gasteiger partial charge on any atom is -0.496 e. The SMILES string of the molecule is CCOC(=O)c1occ2cc(Br)cc(OC)c12. The zero-order valence-electron chi connectivity index (χ0n) is 9.45. The Bertz CT molecular complexity index is 559. The van der Waals surface area contributed by atoms with E-state index < -0.39 is 5.97 Å². The number of ether oxygens (including phenoxy) is 2. The van der Waals surface area contributed by atoms with Gasteiger partial charge >= 0.3 is 5.97 Å². The molecule has 2 aromatic rings. The van der Waals surface area contributed by atoms with Crippen LogP contribution in [0.3, 0.4) is 0 Å². The number of rotatable bonds is 3. The van der Waals surface area contributed by atoms with E-state index >= 15 is 0 Å². The molecule has 0 fully saturated rings. The minimum atomic E-state index is -0.483. The van der Waals surface area contributed by atoms with Crippen LogP contribution in [0.15, 0.2) is 27.3 Å². The summed E-state index contributed by atoms with van der Waals surface area (Å²) in [5.74, 6) is 0.264. The lowest BCUT2D eigenvalue weighted by Crippen LogP contribution is -2.03. The molecule has 0 amide bonds. The van der Waals surface area contributed by atoms with Gasteiger partial charge in [-0.25, -0.2) is 4.79 Å². The monoisotopic (exact) mass is 298 g/mol. The van der Waals surface area contributed by atoms with Crippen molar-refractivity contribution in [2.75, 3.05) is 13.7 Å².